The summed E-state index contributed by atoms with van der Waals surface area (Å²) >= 11 is 0. The molecule has 1 heterocycles. The van der Waals surface area contributed by atoms with E-state index in [0.29, 0.717) is 13.1 Å². The largest absolute Gasteiger partial charge is 0.351 e. The van der Waals surface area contributed by atoms with E-state index in [9.17, 15) is 9.59 Å². The molecule has 1 rings (SSSR count). The van der Waals surface area contributed by atoms with E-state index in [1.54, 1.807) is 0 Å². The van der Waals surface area contributed by atoms with Crippen LogP contribution >= 0.6 is 0 Å². The number of hydrogen-bond donors (Lipinski definition) is 2. The Kier molecular flexibility index (Phi) is 2.05. The van der Waals surface area contributed by atoms with E-state index in [-0.39, 0.29) is 0 Å². The van der Waals surface area contributed by atoms with Gasteiger partial charge in [0.25, 0.3) is 0 Å². The lowest BCUT2D eigenvalue weighted by atomic mass is 10.6. The zero-order valence-electron chi connectivity index (χ0n) is 5.78. The molecule has 0 bridgehead atoms. The number of nitrogens with zero attached hydrogens (tertiary/aromatic N) is 2. The Balaban J connectivity index is 2.41. The van der Waals surface area contributed by atoms with Gasteiger partial charge in [-0.1, -0.05) is 0 Å². The highest BCUT2D eigenvalue weighted by atomic mass is 16.2. The maximum Gasteiger partial charge on any atom is 0.330 e. The second-order valence-electron chi connectivity index (χ2n) is 2.01. The van der Waals surface area contributed by atoms with E-state index in [0.717, 1.165) is 0 Å². The van der Waals surface area contributed by atoms with Gasteiger partial charge < -0.3 is 5.73 Å². The Hall–Kier alpha value is -1.59. The third-order valence-corrected chi connectivity index (χ3v) is 1.18. The third-order valence-electron chi connectivity index (χ3n) is 1.18. The molecule has 0 aliphatic carbocycles. The Labute approximate surface area is 63.1 Å². The summed E-state index contributed by atoms with van der Waals surface area (Å²) in [4.78, 5) is 26.1. The summed E-state index contributed by atoms with van der Waals surface area (Å²) < 4.78 is 0. The van der Waals surface area contributed by atoms with Crippen molar-refractivity contribution >= 4 is 18.4 Å². The van der Waals surface area contributed by atoms with Crippen LogP contribution in [0.3, 0.4) is 0 Å². The molecule has 0 aromatic carbocycles. The van der Waals surface area contributed by atoms with Crippen LogP contribution in [0.4, 0.5) is 9.59 Å². The van der Waals surface area contributed by atoms with Crippen LogP contribution in [0, 0.1) is 0 Å². The van der Waals surface area contributed by atoms with Crippen molar-refractivity contribution < 1.29 is 9.59 Å². The summed E-state index contributed by atoms with van der Waals surface area (Å²) in [5.41, 5.74) is 4.72. The summed E-state index contributed by atoms with van der Waals surface area (Å²) in [5.74, 6) is 0. The van der Waals surface area contributed by atoms with Gasteiger partial charge in [-0.25, -0.2) is 9.59 Å². The molecule has 4 amide bonds. The maximum absolute atomic E-state index is 10.9. The van der Waals surface area contributed by atoms with E-state index in [2.05, 4.69) is 4.99 Å². The molecule has 1 aliphatic heterocycles. The number of nitrogens with two attached hydrogens (primary N) is 1. The molecule has 0 aromatic rings. The van der Waals surface area contributed by atoms with Crippen molar-refractivity contribution in [1.82, 2.24) is 10.2 Å². The van der Waals surface area contributed by atoms with Crippen molar-refractivity contribution in [1.29, 1.82) is 0 Å². The number of urea groups is 2. The van der Waals surface area contributed by atoms with Crippen molar-refractivity contribution in [3.63, 3.8) is 0 Å². The molecule has 0 radical (unpaired) electrons. The zero-order valence-corrected chi connectivity index (χ0v) is 5.78. The zero-order chi connectivity index (χ0) is 8.27. The van der Waals surface area contributed by atoms with Crippen LogP contribution in [0.2, 0.25) is 0 Å². The number of imide groups is 1. The first-order chi connectivity index (χ1) is 5.20. The molecule has 0 aromatic heterocycles. The van der Waals surface area contributed by atoms with Crippen LogP contribution in [0.1, 0.15) is 0 Å². The Bertz CT molecular complexity index is 213. The highest BCUT2D eigenvalue weighted by Crippen LogP contribution is 1.92. The molecule has 6 nitrogen and oxygen atoms in total. The minimum atomic E-state index is -0.852. The molecular formula is C5H8N4O2. The number of amides is 4. The van der Waals surface area contributed by atoms with Crippen molar-refractivity contribution in [2.75, 3.05) is 13.1 Å². The van der Waals surface area contributed by atoms with Gasteiger partial charge in [0.2, 0.25) is 0 Å². The lowest BCUT2D eigenvalue weighted by Crippen LogP contribution is -2.43. The fourth-order valence-electron chi connectivity index (χ4n) is 0.711. The smallest absolute Gasteiger partial charge is 0.330 e. The van der Waals surface area contributed by atoms with Crippen LogP contribution in [0.15, 0.2) is 4.99 Å². The molecule has 60 valence electrons. The Morgan fingerprint density at radius 2 is 2.36 bits per heavy atom. The highest BCUT2D eigenvalue weighted by Gasteiger charge is 2.14. The second kappa shape index (κ2) is 3.00. The van der Waals surface area contributed by atoms with Gasteiger partial charge >= 0.3 is 12.1 Å². The normalized spacial score (nSPS) is 15.1. The fraction of sp³-hybridized carbons (Fsp3) is 0.400. The van der Waals surface area contributed by atoms with Gasteiger partial charge in [-0.15, -0.1) is 0 Å². The standard InChI is InChI=1S/C5H8N4O2/c6-4(10)8-5(11)9-2-1-7-3-9/h3H,1-2H2,(H3,6,8,10,11). The van der Waals surface area contributed by atoms with Crippen molar-refractivity contribution in [3.05, 3.63) is 0 Å². The van der Waals surface area contributed by atoms with Gasteiger partial charge in [0.1, 0.15) is 0 Å². The molecular weight excluding hydrogens is 148 g/mol. The maximum atomic E-state index is 10.9. The fourth-order valence-corrected chi connectivity index (χ4v) is 0.711. The monoisotopic (exact) mass is 156 g/mol. The molecule has 0 spiro atoms. The van der Waals surface area contributed by atoms with Gasteiger partial charge in [0.15, 0.2) is 0 Å². The molecule has 6 heteroatoms. The third kappa shape index (κ3) is 1.92. The Morgan fingerprint density at radius 3 is 2.82 bits per heavy atom. The molecule has 0 atom stereocenters. The molecule has 0 fully saturated rings. The van der Waals surface area contributed by atoms with Crippen molar-refractivity contribution in [2.24, 2.45) is 10.7 Å². The van der Waals surface area contributed by atoms with E-state index < -0.39 is 12.1 Å². The van der Waals surface area contributed by atoms with Crippen LogP contribution in [-0.2, 0) is 0 Å². The average Bonchev–Trinajstić information content (AvgIpc) is 2.35. The lowest BCUT2D eigenvalue weighted by molar-refractivity contribution is 0.219. The van der Waals surface area contributed by atoms with Crippen LogP contribution in [-0.4, -0.2) is 36.4 Å². The van der Waals surface area contributed by atoms with Crippen LogP contribution in [0.5, 0.6) is 0 Å². The summed E-state index contributed by atoms with van der Waals surface area (Å²) in [6, 6.07) is -1.38. The molecule has 0 saturated carbocycles. The average molecular weight is 156 g/mol. The summed E-state index contributed by atoms with van der Waals surface area (Å²) in [7, 11) is 0. The predicted molar refractivity (Wildman–Crippen MR) is 38.2 cm³/mol. The minimum Gasteiger partial charge on any atom is -0.351 e. The van der Waals surface area contributed by atoms with E-state index in [1.165, 1.54) is 11.2 Å². The number of carbonyl (C=O) groups is 2. The quantitative estimate of drug-likeness (QED) is 0.477. The Morgan fingerprint density at radius 1 is 1.64 bits per heavy atom. The lowest BCUT2D eigenvalue weighted by Gasteiger charge is -2.09. The highest BCUT2D eigenvalue weighted by molar-refractivity contribution is 5.97. The molecule has 11 heavy (non-hydrogen) atoms. The topological polar surface area (TPSA) is 87.8 Å². The van der Waals surface area contributed by atoms with Crippen LogP contribution < -0.4 is 11.1 Å². The number of primary amides is 1. The first-order valence-corrected chi connectivity index (χ1v) is 3.07. The van der Waals surface area contributed by atoms with Gasteiger partial charge in [0.05, 0.1) is 12.9 Å². The predicted octanol–water partition coefficient (Wildman–Crippen LogP) is -0.881. The number of hydrogen-bond acceptors (Lipinski definition) is 3. The molecule has 1 aliphatic rings. The number of rotatable bonds is 0. The van der Waals surface area contributed by atoms with Gasteiger partial charge in [-0.3, -0.25) is 15.2 Å². The second-order valence-corrected chi connectivity index (χ2v) is 2.01. The number of aliphatic imine (C=N–C) groups is 1. The first kappa shape index (κ1) is 7.52. The van der Waals surface area contributed by atoms with Crippen molar-refractivity contribution in [2.45, 2.75) is 0 Å². The SMILES string of the molecule is NC(=O)NC(=O)N1C=NCC1. The molecule has 0 saturated heterocycles. The van der Waals surface area contributed by atoms with E-state index >= 15 is 0 Å². The van der Waals surface area contributed by atoms with Gasteiger partial charge in [0, 0.05) is 6.54 Å². The molecule has 3 N–H and O–H groups in total. The summed E-state index contributed by atoms with van der Waals surface area (Å²) in [6.07, 6.45) is 1.37. The van der Waals surface area contributed by atoms with Gasteiger partial charge in [-0.05, 0) is 0 Å². The first-order valence-electron chi connectivity index (χ1n) is 3.07. The van der Waals surface area contributed by atoms with Crippen LogP contribution in [0.25, 0.3) is 0 Å². The van der Waals surface area contributed by atoms with Crippen molar-refractivity contribution in [3.8, 4) is 0 Å². The molecule has 0 unspecified atom stereocenters. The summed E-state index contributed by atoms with van der Waals surface area (Å²) in [5, 5.41) is 1.92. The van der Waals surface area contributed by atoms with Gasteiger partial charge in [-0.2, -0.15) is 0 Å². The number of carbonyl (C=O) groups excluding carboxylic acids is 2. The minimum absolute atomic E-state index is 0.499. The number of nitrogens with one attached hydrogen (secondary N) is 1. The van der Waals surface area contributed by atoms with E-state index in [4.69, 9.17) is 5.73 Å². The summed E-state index contributed by atoms with van der Waals surface area (Å²) in [6.45, 7) is 1.07. The van der Waals surface area contributed by atoms with E-state index in [1.807, 2.05) is 5.32 Å².